The molecule has 0 aliphatic heterocycles. The monoisotopic (exact) mass is 501 g/mol. The van der Waals surface area contributed by atoms with E-state index in [1.165, 1.54) is 0 Å². The molecule has 0 fully saturated rings. The Morgan fingerprint density at radius 3 is 1.51 bits per heavy atom. The van der Waals surface area contributed by atoms with Gasteiger partial charge in [0.15, 0.2) is 0 Å². The summed E-state index contributed by atoms with van der Waals surface area (Å²) in [6.07, 6.45) is 0. The fourth-order valence-electron chi connectivity index (χ4n) is 5.83. The number of hydrogen-bond acceptors (Lipinski definition) is 1. The summed E-state index contributed by atoms with van der Waals surface area (Å²) < 4.78 is 47.2. The number of fused-ring (bicyclic) bond motifs is 5. The van der Waals surface area contributed by atoms with Crippen molar-refractivity contribution in [2.75, 3.05) is 0 Å². The average molecular weight is 502 g/mol. The lowest BCUT2D eigenvalue weighted by Crippen LogP contribution is -1.91. The molecule has 8 aromatic rings. The van der Waals surface area contributed by atoms with E-state index >= 15 is 0 Å². The summed E-state index contributed by atoms with van der Waals surface area (Å²) in [6.45, 7) is 0. The topological polar surface area (TPSA) is 13.1 Å². The van der Waals surface area contributed by atoms with Crippen molar-refractivity contribution in [3.63, 3.8) is 0 Å². The molecule has 1 heterocycles. The highest BCUT2D eigenvalue weighted by Crippen LogP contribution is 2.44. The van der Waals surface area contributed by atoms with Gasteiger partial charge < -0.3 is 4.42 Å². The Labute approximate surface area is 233 Å². The second-order valence-electron chi connectivity index (χ2n) is 9.73. The van der Waals surface area contributed by atoms with Gasteiger partial charge in [0.1, 0.15) is 11.2 Å². The SMILES string of the molecule is [2H]c1c([2H])c([2H])c(-c2ccc(-c3c4ccccc4c(-c4ccc5c(c4)oc4ccccc45)c4ccccc34)cc2)c([2H])c1[2H]. The molecule has 182 valence electrons. The summed E-state index contributed by atoms with van der Waals surface area (Å²) in [6, 6.07) is 37.6. The van der Waals surface area contributed by atoms with Gasteiger partial charge in [-0.15, -0.1) is 0 Å². The minimum atomic E-state index is -0.391. The highest BCUT2D eigenvalue weighted by Gasteiger charge is 2.17. The molecule has 0 atom stereocenters. The third-order valence-electron chi connectivity index (χ3n) is 7.56. The zero-order valence-electron chi connectivity index (χ0n) is 25.9. The van der Waals surface area contributed by atoms with Crippen molar-refractivity contribution in [1.29, 1.82) is 0 Å². The van der Waals surface area contributed by atoms with Crippen molar-refractivity contribution in [3.05, 3.63) is 145 Å². The summed E-state index contributed by atoms with van der Waals surface area (Å²) in [4.78, 5) is 0. The summed E-state index contributed by atoms with van der Waals surface area (Å²) in [7, 11) is 0. The number of benzene rings is 7. The van der Waals surface area contributed by atoms with Crippen LogP contribution < -0.4 is 0 Å². The lowest BCUT2D eigenvalue weighted by Gasteiger charge is -2.18. The summed E-state index contributed by atoms with van der Waals surface area (Å²) in [5, 5.41) is 6.63. The third kappa shape index (κ3) is 3.48. The molecule has 7 aromatic carbocycles. The van der Waals surface area contributed by atoms with Gasteiger partial charge in [-0.2, -0.15) is 0 Å². The van der Waals surface area contributed by atoms with Crippen LogP contribution in [0.1, 0.15) is 6.85 Å². The maximum Gasteiger partial charge on any atom is 0.136 e. The van der Waals surface area contributed by atoms with Crippen LogP contribution in [0.2, 0.25) is 0 Å². The molecule has 0 aliphatic rings. The lowest BCUT2D eigenvalue weighted by atomic mass is 9.85. The number of furan rings is 1. The van der Waals surface area contributed by atoms with E-state index in [4.69, 9.17) is 11.3 Å². The van der Waals surface area contributed by atoms with Crippen molar-refractivity contribution >= 4 is 43.5 Å². The van der Waals surface area contributed by atoms with Crippen molar-refractivity contribution in [2.45, 2.75) is 0 Å². The fraction of sp³-hybridized carbons (Fsp3) is 0. The molecule has 0 saturated heterocycles. The Kier molecular flexibility index (Phi) is 3.89. The molecule has 0 bridgehead atoms. The third-order valence-corrected chi connectivity index (χ3v) is 7.56. The second-order valence-corrected chi connectivity index (χ2v) is 9.73. The van der Waals surface area contributed by atoms with Crippen LogP contribution in [0.3, 0.4) is 0 Å². The summed E-state index contributed by atoms with van der Waals surface area (Å²) >= 11 is 0. The van der Waals surface area contributed by atoms with E-state index in [2.05, 4.69) is 60.7 Å². The Hall–Kier alpha value is -5.14. The van der Waals surface area contributed by atoms with E-state index in [-0.39, 0.29) is 29.7 Å². The minimum absolute atomic E-state index is 0.202. The van der Waals surface area contributed by atoms with Crippen molar-refractivity contribution < 1.29 is 11.3 Å². The highest BCUT2D eigenvalue weighted by atomic mass is 16.3. The van der Waals surface area contributed by atoms with Crippen LogP contribution in [0.15, 0.2) is 150 Å². The van der Waals surface area contributed by atoms with Gasteiger partial charge in [0.25, 0.3) is 0 Å². The molecule has 0 radical (unpaired) electrons. The molecule has 0 N–H and O–H groups in total. The van der Waals surface area contributed by atoms with Gasteiger partial charge in [-0.25, -0.2) is 0 Å². The molecule has 1 heteroatoms. The molecule has 1 aromatic heterocycles. The van der Waals surface area contributed by atoms with E-state index in [1.807, 2.05) is 54.6 Å². The number of rotatable bonds is 3. The van der Waals surface area contributed by atoms with Crippen molar-refractivity contribution in [1.82, 2.24) is 0 Å². The van der Waals surface area contributed by atoms with E-state index < -0.39 is 6.04 Å². The van der Waals surface area contributed by atoms with Crippen molar-refractivity contribution in [2.24, 2.45) is 0 Å². The van der Waals surface area contributed by atoms with Gasteiger partial charge in [0.2, 0.25) is 0 Å². The number of hydrogen-bond donors (Lipinski definition) is 0. The summed E-state index contributed by atoms with van der Waals surface area (Å²) in [5.41, 5.74) is 6.78. The number of para-hydroxylation sites is 1. The first-order valence-electron chi connectivity index (χ1n) is 15.4. The predicted octanol–water partition coefficient (Wildman–Crippen LogP) is 10.9. The van der Waals surface area contributed by atoms with Crippen LogP contribution >= 0.6 is 0 Å². The Morgan fingerprint density at radius 1 is 0.385 bits per heavy atom. The zero-order chi connectivity index (χ0) is 30.1. The Balaban J connectivity index is 1.35. The molecule has 1 nitrogen and oxygen atoms in total. The standard InChI is InChI=1S/C38H24O/c1-2-10-25(11-3-1)26-18-20-27(21-19-26)37-31-13-4-6-15-33(31)38(34-16-7-5-14-32(34)37)28-22-23-30-29-12-8-9-17-35(29)39-36(30)24-28/h1-24H/i1D,2D,3D,10D,11D. The van der Waals surface area contributed by atoms with Gasteiger partial charge in [-0.3, -0.25) is 0 Å². The van der Waals surface area contributed by atoms with E-state index in [1.54, 1.807) is 0 Å². The quantitative estimate of drug-likeness (QED) is 0.219. The lowest BCUT2D eigenvalue weighted by molar-refractivity contribution is 0.669. The zero-order valence-corrected chi connectivity index (χ0v) is 20.9. The molecular formula is C38H24O. The molecule has 0 saturated carbocycles. The molecule has 39 heavy (non-hydrogen) atoms. The first kappa shape index (κ1) is 17.4. The van der Waals surface area contributed by atoms with Crippen LogP contribution in [0.25, 0.3) is 76.9 Å². The van der Waals surface area contributed by atoms with Gasteiger partial charge in [0.05, 0.1) is 6.85 Å². The summed E-state index contributed by atoms with van der Waals surface area (Å²) in [5.74, 6) is 0. The Morgan fingerprint density at radius 2 is 0.872 bits per heavy atom. The largest absolute Gasteiger partial charge is 0.456 e. The van der Waals surface area contributed by atoms with Gasteiger partial charge in [-0.05, 0) is 73.1 Å². The average Bonchev–Trinajstić information content (AvgIpc) is 3.43. The predicted molar refractivity (Wildman–Crippen MR) is 165 cm³/mol. The highest BCUT2D eigenvalue weighted by molar-refractivity contribution is 6.22. The molecule has 8 rings (SSSR count). The first-order chi connectivity index (χ1) is 21.4. The van der Waals surface area contributed by atoms with Crippen LogP contribution in [0.5, 0.6) is 0 Å². The van der Waals surface area contributed by atoms with Crippen LogP contribution in [-0.2, 0) is 0 Å². The molecule has 0 unspecified atom stereocenters. The maximum absolute atomic E-state index is 8.41. The molecule has 0 aliphatic carbocycles. The Bertz CT molecular complexity index is 2350. The van der Waals surface area contributed by atoms with Gasteiger partial charge >= 0.3 is 0 Å². The van der Waals surface area contributed by atoms with Gasteiger partial charge in [0, 0.05) is 10.8 Å². The van der Waals surface area contributed by atoms with E-state index in [0.29, 0.717) is 5.56 Å². The first-order valence-corrected chi connectivity index (χ1v) is 12.9. The molecule has 0 spiro atoms. The van der Waals surface area contributed by atoms with Crippen LogP contribution in [0.4, 0.5) is 0 Å². The van der Waals surface area contributed by atoms with Crippen molar-refractivity contribution in [3.8, 4) is 33.4 Å². The second kappa shape index (κ2) is 8.72. The van der Waals surface area contributed by atoms with Crippen LogP contribution in [0, 0.1) is 0 Å². The molecule has 0 amide bonds. The molecular weight excluding hydrogens is 472 g/mol. The van der Waals surface area contributed by atoms with Gasteiger partial charge in [-0.1, -0.05) is 127 Å². The van der Waals surface area contributed by atoms with Crippen LogP contribution in [-0.4, -0.2) is 0 Å². The van der Waals surface area contributed by atoms with E-state index in [9.17, 15) is 0 Å². The minimum Gasteiger partial charge on any atom is -0.456 e. The fourth-order valence-corrected chi connectivity index (χ4v) is 5.83. The normalized spacial score (nSPS) is 13.4. The van der Waals surface area contributed by atoms with E-state index in [0.717, 1.165) is 65.7 Å². The smallest absolute Gasteiger partial charge is 0.136 e. The maximum atomic E-state index is 8.41.